The van der Waals surface area contributed by atoms with Crippen LogP contribution in [0.25, 0.3) is 0 Å². The van der Waals surface area contributed by atoms with Gasteiger partial charge in [0.25, 0.3) is 0 Å². The number of rotatable bonds is 4. The van der Waals surface area contributed by atoms with Crippen molar-refractivity contribution in [3.63, 3.8) is 0 Å². The highest BCUT2D eigenvalue weighted by Gasteiger charge is 2.32. The summed E-state index contributed by atoms with van der Waals surface area (Å²) in [6.07, 6.45) is 0.616. The number of hydrogen-bond acceptors (Lipinski definition) is 3. The number of nitrogens with zero attached hydrogens (tertiary/aromatic N) is 1. The maximum Gasteiger partial charge on any atom is 0.317 e. The Bertz CT molecular complexity index is 575. The quantitative estimate of drug-likeness (QED) is 0.893. The van der Waals surface area contributed by atoms with Crippen molar-refractivity contribution in [1.82, 2.24) is 10.2 Å². The Kier molecular flexibility index (Phi) is 5.47. The molecule has 126 valence electrons. The lowest BCUT2D eigenvalue weighted by Crippen LogP contribution is -2.49. The highest BCUT2D eigenvalue weighted by Crippen LogP contribution is 2.23. The van der Waals surface area contributed by atoms with Gasteiger partial charge in [-0.3, -0.25) is 4.79 Å². The lowest BCUT2D eigenvalue weighted by Gasteiger charge is -2.35. The normalized spacial score (nSPS) is 22.3. The van der Waals surface area contributed by atoms with Crippen LogP contribution in [0.4, 0.5) is 4.79 Å². The number of carboxylic acid groups (broad SMARTS) is 1. The number of hydrogen-bond donors (Lipinski definition) is 2. The van der Waals surface area contributed by atoms with Crippen LogP contribution in [-0.2, 0) is 4.79 Å². The topological polar surface area (TPSA) is 78.9 Å². The molecule has 1 aliphatic heterocycles. The van der Waals surface area contributed by atoms with Crippen LogP contribution in [0.5, 0.6) is 5.75 Å². The van der Waals surface area contributed by atoms with Gasteiger partial charge in [0.2, 0.25) is 0 Å². The average Bonchev–Trinajstić information content (AvgIpc) is 2.54. The predicted molar refractivity (Wildman–Crippen MR) is 86.4 cm³/mol. The summed E-state index contributed by atoms with van der Waals surface area (Å²) in [5.41, 5.74) is 0.942. The van der Waals surface area contributed by atoms with Crippen LogP contribution in [0, 0.1) is 11.8 Å². The zero-order chi connectivity index (χ0) is 17.0. The number of carbonyl (C=O) groups excluding carboxylic acids is 1. The first-order valence-corrected chi connectivity index (χ1v) is 7.83. The second kappa shape index (κ2) is 7.35. The molecule has 0 aromatic heterocycles. The van der Waals surface area contributed by atoms with Crippen LogP contribution in [0.1, 0.15) is 31.9 Å². The Labute approximate surface area is 136 Å². The highest BCUT2D eigenvalue weighted by atomic mass is 16.5. The van der Waals surface area contributed by atoms with Crippen molar-refractivity contribution in [2.24, 2.45) is 11.8 Å². The van der Waals surface area contributed by atoms with E-state index in [2.05, 4.69) is 5.32 Å². The summed E-state index contributed by atoms with van der Waals surface area (Å²) in [6.45, 7) is 4.71. The van der Waals surface area contributed by atoms with E-state index in [4.69, 9.17) is 4.74 Å². The van der Waals surface area contributed by atoms with E-state index in [1.807, 2.05) is 38.1 Å². The summed E-state index contributed by atoms with van der Waals surface area (Å²) < 4.78 is 5.19. The molecular formula is C17H24N2O4. The van der Waals surface area contributed by atoms with Crippen molar-refractivity contribution in [2.45, 2.75) is 26.3 Å². The minimum absolute atomic E-state index is 0.182. The maximum atomic E-state index is 12.4. The SMILES string of the molecule is COc1cccc(C(C)NC(=O)N2CC(C)CC(C(=O)O)C2)c1. The van der Waals surface area contributed by atoms with Gasteiger partial charge in [-0.2, -0.15) is 0 Å². The molecule has 3 unspecified atom stereocenters. The van der Waals surface area contributed by atoms with Crippen molar-refractivity contribution >= 4 is 12.0 Å². The fourth-order valence-electron chi connectivity index (χ4n) is 2.97. The standard InChI is InChI=1S/C17H24N2O4/c1-11-7-14(16(20)21)10-19(9-11)17(22)18-12(2)13-5-4-6-15(8-13)23-3/h4-6,8,11-12,14H,7,9-10H2,1-3H3,(H,18,22)(H,20,21). The number of carboxylic acids is 1. The molecular weight excluding hydrogens is 296 g/mol. The Morgan fingerprint density at radius 3 is 2.78 bits per heavy atom. The van der Waals surface area contributed by atoms with Gasteiger partial charge in [0, 0.05) is 13.1 Å². The van der Waals surface area contributed by atoms with E-state index in [9.17, 15) is 14.7 Å². The highest BCUT2D eigenvalue weighted by molar-refractivity contribution is 5.77. The lowest BCUT2D eigenvalue weighted by molar-refractivity contribution is -0.143. The van der Waals surface area contributed by atoms with Gasteiger partial charge in [-0.15, -0.1) is 0 Å². The Morgan fingerprint density at radius 1 is 1.39 bits per heavy atom. The number of carbonyl (C=O) groups is 2. The number of nitrogens with one attached hydrogen (secondary N) is 1. The Hall–Kier alpha value is -2.24. The fourth-order valence-corrected chi connectivity index (χ4v) is 2.97. The zero-order valence-corrected chi connectivity index (χ0v) is 13.8. The first kappa shape index (κ1) is 17.1. The van der Waals surface area contributed by atoms with Crippen LogP contribution >= 0.6 is 0 Å². The molecule has 1 saturated heterocycles. The van der Waals surface area contributed by atoms with E-state index in [-0.39, 0.29) is 24.5 Å². The minimum Gasteiger partial charge on any atom is -0.497 e. The molecule has 0 bridgehead atoms. The van der Waals surface area contributed by atoms with Crippen molar-refractivity contribution in [1.29, 1.82) is 0 Å². The van der Waals surface area contributed by atoms with Crippen LogP contribution in [-0.4, -0.2) is 42.2 Å². The molecule has 1 heterocycles. The van der Waals surface area contributed by atoms with E-state index in [1.165, 1.54) is 0 Å². The van der Waals surface area contributed by atoms with Crippen LogP contribution in [0.2, 0.25) is 0 Å². The summed E-state index contributed by atoms with van der Waals surface area (Å²) >= 11 is 0. The van der Waals surface area contributed by atoms with Crippen LogP contribution < -0.4 is 10.1 Å². The number of aliphatic carboxylic acids is 1. The predicted octanol–water partition coefficient (Wildman–Crippen LogP) is 2.51. The van der Waals surface area contributed by atoms with Gasteiger partial charge in [0.05, 0.1) is 19.1 Å². The van der Waals surface area contributed by atoms with Crippen molar-refractivity contribution in [3.05, 3.63) is 29.8 Å². The van der Waals surface area contributed by atoms with Crippen LogP contribution in [0.3, 0.4) is 0 Å². The molecule has 0 saturated carbocycles. The lowest BCUT2D eigenvalue weighted by atomic mass is 9.91. The van der Waals surface area contributed by atoms with E-state index in [0.29, 0.717) is 13.0 Å². The largest absolute Gasteiger partial charge is 0.497 e. The molecule has 0 aliphatic carbocycles. The molecule has 1 aromatic rings. The van der Waals surface area contributed by atoms with Gasteiger partial charge in [0.15, 0.2) is 0 Å². The number of piperidine rings is 1. The van der Waals surface area contributed by atoms with Crippen molar-refractivity contribution in [2.75, 3.05) is 20.2 Å². The summed E-state index contributed by atoms with van der Waals surface area (Å²) in [5, 5.41) is 12.1. The summed E-state index contributed by atoms with van der Waals surface area (Å²) in [4.78, 5) is 25.3. The number of ether oxygens (including phenoxy) is 1. The molecule has 6 heteroatoms. The molecule has 1 fully saturated rings. The van der Waals surface area contributed by atoms with Gasteiger partial charge >= 0.3 is 12.0 Å². The third kappa shape index (κ3) is 4.37. The molecule has 2 rings (SSSR count). The van der Waals surface area contributed by atoms with Crippen molar-refractivity contribution in [3.8, 4) is 5.75 Å². The van der Waals surface area contributed by atoms with Gasteiger partial charge in [-0.1, -0.05) is 19.1 Å². The number of urea groups is 1. The number of likely N-dealkylation sites (tertiary alicyclic amines) is 1. The van der Waals surface area contributed by atoms with E-state index < -0.39 is 11.9 Å². The Morgan fingerprint density at radius 2 is 2.13 bits per heavy atom. The van der Waals surface area contributed by atoms with E-state index in [1.54, 1.807) is 12.0 Å². The summed E-state index contributed by atoms with van der Waals surface area (Å²) in [7, 11) is 1.60. The molecule has 3 atom stereocenters. The molecule has 0 spiro atoms. The molecule has 6 nitrogen and oxygen atoms in total. The van der Waals surface area contributed by atoms with Gasteiger partial charge in [0.1, 0.15) is 5.75 Å². The minimum atomic E-state index is -0.838. The third-order valence-electron chi connectivity index (χ3n) is 4.23. The van der Waals surface area contributed by atoms with E-state index >= 15 is 0 Å². The number of benzene rings is 1. The smallest absolute Gasteiger partial charge is 0.317 e. The number of methoxy groups -OCH3 is 1. The summed E-state index contributed by atoms with van der Waals surface area (Å²) in [5.74, 6) is -0.407. The maximum absolute atomic E-state index is 12.4. The number of amides is 2. The average molecular weight is 320 g/mol. The van der Waals surface area contributed by atoms with Gasteiger partial charge in [-0.25, -0.2) is 4.79 Å². The second-order valence-corrected chi connectivity index (χ2v) is 6.23. The molecule has 23 heavy (non-hydrogen) atoms. The second-order valence-electron chi connectivity index (χ2n) is 6.23. The van der Waals surface area contributed by atoms with E-state index in [0.717, 1.165) is 11.3 Å². The van der Waals surface area contributed by atoms with Gasteiger partial charge in [-0.05, 0) is 37.0 Å². The Balaban J connectivity index is 2.01. The molecule has 2 amide bonds. The summed E-state index contributed by atoms with van der Waals surface area (Å²) in [6, 6.07) is 7.12. The fraction of sp³-hybridized carbons (Fsp3) is 0.529. The first-order valence-electron chi connectivity index (χ1n) is 7.83. The molecule has 1 aliphatic rings. The monoisotopic (exact) mass is 320 g/mol. The zero-order valence-electron chi connectivity index (χ0n) is 13.8. The third-order valence-corrected chi connectivity index (χ3v) is 4.23. The van der Waals surface area contributed by atoms with Crippen LogP contribution in [0.15, 0.2) is 24.3 Å². The first-order chi connectivity index (χ1) is 10.9. The molecule has 1 aromatic carbocycles. The molecule has 0 radical (unpaired) electrons. The van der Waals surface area contributed by atoms with Gasteiger partial charge < -0.3 is 20.1 Å². The van der Waals surface area contributed by atoms with Crippen molar-refractivity contribution < 1.29 is 19.4 Å². The molecule has 2 N–H and O–H groups in total.